The Morgan fingerprint density at radius 1 is 1.19 bits per heavy atom. The topological polar surface area (TPSA) is 58.6 Å². The molecule has 1 fully saturated rings. The van der Waals surface area contributed by atoms with Gasteiger partial charge in [-0.15, -0.1) is 0 Å². The Balaban J connectivity index is 1.67. The molecule has 1 N–H and O–H groups in total. The zero-order valence-electron chi connectivity index (χ0n) is 15.4. The number of anilines is 2. The Bertz CT molecular complexity index is 815. The lowest BCUT2D eigenvalue weighted by molar-refractivity contribution is -0.122. The van der Waals surface area contributed by atoms with Gasteiger partial charge in [0, 0.05) is 24.3 Å². The Kier molecular flexibility index (Phi) is 5.26. The van der Waals surface area contributed by atoms with Crippen molar-refractivity contribution in [3.05, 3.63) is 53.6 Å². The van der Waals surface area contributed by atoms with Crippen molar-refractivity contribution in [3.63, 3.8) is 0 Å². The quantitative estimate of drug-likeness (QED) is 0.893. The van der Waals surface area contributed by atoms with E-state index in [1.54, 1.807) is 4.90 Å². The van der Waals surface area contributed by atoms with E-state index >= 15 is 0 Å². The average Bonchev–Trinajstić information content (AvgIpc) is 3.00. The van der Waals surface area contributed by atoms with E-state index < -0.39 is 0 Å². The number of hydrogen-bond acceptors (Lipinski definition) is 3. The molecule has 26 heavy (non-hydrogen) atoms. The van der Waals surface area contributed by atoms with Crippen LogP contribution in [-0.2, 0) is 9.59 Å². The van der Waals surface area contributed by atoms with Crippen molar-refractivity contribution in [1.82, 2.24) is 0 Å². The first kappa shape index (κ1) is 18.0. The largest absolute Gasteiger partial charge is 0.494 e. The van der Waals surface area contributed by atoms with Gasteiger partial charge in [0.25, 0.3) is 0 Å². The lowest BCUT2D eigenvalue weighted by Crippen LogP contribution is -2.28. The molecule has 1 atom stereocenters. The zero-order valence-corrected chi connectivity index (χ0v) is 15.4. The predicted octanol–water partition coefficient (Wildman–Crippen LogP) is 3.69. The van der Waals surface area contributed by atoms with Gasteiger partial charge in [0.2, 0.25) is 11.8 Å². The van der Waals surface area contributed by atoms with E-state index in [1.165, 1.54) is 0 Å². The van der Waals surface area contributed by atoms with E-state index in [-0.39, 0.29) is 24.2 Å². The Morgan fingerprint density at radius 3 is 2.58 bits per heavy atom. The molecule has 0 aliphatic carbocycles. The van der Waals surface area contributed by atoms with Gasteiger partial charge < -0.3 is 15.0 Å². The van der Waals surface area contributed by atoms with Crippen molar-refractivity contribution >= 4 is 23.2 Å². The van der Waals surface area contributed by atoms with Gasteiger partial charge in [-0.05, 0) is 56.7 Å². The third kappa shape index (κ3) is 3.87. The summed E-state index contributed by atoms with van der Waals surface area (Å²) in [6, 6.07) is 13.3. The summed E-state index contributed by atoms with van der Waals surface area (Å²) in [4.78, 5) is 26.7. The first-order chi connectivity index (χ1) is 12.5. The van der Waals surface area contributed by atoms with Gasteiger partial charge in [-0.25, -0.2) is 0 Å². The van der Waals surface area contributed by atoms with Crippen LogP contribution in [0.25, 0.3) is 0 Å². The lowest BCUT2D eigenvalue weighted by Gasteiger charge is -2.17. The first-order valence-electron chi connectivity index (χ1n) is 8.89. The molecule has 5 nitrogen and oxygen atoms in total. The van der Waals surface area contributed by atoms with Crippen LogP contribution in [0.4, 0.5) is 11.4 Å². The maximum Gasteiger partial charge on any atom is 0.229 e. The summed E-state index contributed by atoms with van der Waals surface area (Å²) >= 11 is 0. The third-order valence-electron chi connectivity index (χ3n) is 4.60. The average molecular weight is 352 g/mol. The minimum absolute atomic E-state index is 0.0325. The highest BCUT2D eigenvalue weighted by Gasteiger charge is 2.35. The lowest BCUT2D eigenvalue weighted by atomic mass is 10.1. The summed E-state index contributed by atoms with van der Waals surface area (Å²) in [6.45, 7) is 6.90. The number of hydrogen-bond donors (Lipinski definition) is 1. The van der Waals surface area contributed by atoms with Gasteiger partial charge in [0.15, 0.2) is 0 Å². The van der Waals surface area contributed by atoms with Gasteiger partial charge >= 0.3 is 0 Å². The summed E-state index contributed by atoms with van der Waals surface area (Å²) in [5.41, 5.74) is 3.76. The number of nitrogens with zero attached hydrogens (tertiary/aromatic N) is 1. The Labute approximate surface area is 154 Å². The highest BCUT2D eigenvalue weighted by atomic mass is 16.5. The molecule has 0 radical (unpaired) electrons. The number of ether oxygens (including phenoxy) is 1. The standard InChI is InChI=1S/C21H24N2O3/c1-4-26-18-8-6-17(7-9-18)23-13-16(12-20(23)24)21(25)22-19-10-5-14(2)11-15(19)3/h5-11,16H,4,12-13H2,1-3H3,(H,22,25)/t16-/m1/s1. The van der Waals surface area contributed by atoms with Crippen molar-refractivity contribution in [2.24, 2.45) is 5.92 Å². The molecule has 1 aliphatic rings. The van der Waals surface area contributed by atoms with Crippen molar-refractivity contribution < 1.29 is 14.3 Å². The number of rotatable bonds is 5. The minimum Gasteiger partial charge on any atom is -0.494 e. The fourth-order valence-electron chi connectivity index (χ4n) is 3.21. The molecule has 2 amide bonds. The molecule has 5 heteroatoms. The van der Waals surface area contributed by atoms with Crippen LogP contribution in [0.2, 0.25) is 0 Å². The minimum atomic E-state index is -0.352. The highest BCUT2D eigenvalue weighted by Crippen LogP contribution is 2.28. The first-order valence-corrected chi connectivity index (χ1v) is 8.89. The van der Waals surface area contributed by atoms with E-state index in [0.717, 1.165) is 28.3 Å². The number of benzene rings is 2. The van der Waals surface area contributed by atoms with Crippen LogP contribution in [0, 0.1) is 19.8 Å². The van der Waals surface area contributed by atoms with E-state index in [9.17, 15) is 9.59 Å². The summed E-state index contributed by atoms with van der Waals surface area (Å²) in [6.07, 6.45) is 0.226. The van der Waals surface area contributed by atoms with Gasteiger partial charge in [-0.3, -0.25) is 9.59 Å². The van der Waals surface area contributed by atoms with Gasteiger partial charge in [-0.1, -0.05) is 17.7 Å². The monoisotopic (exact) mass is 352 g/mol. The molecule has 0 bridgehead atoms. The van der Waals surface area contributed by atoms with Crippen molar-refractivity contribution in [3.8, 4) is 5.75 Å². The van der Waals surface area contributed by atoms with Crippen molar-refractivity contribution in [2.45, 2.75) is 27.2 Å². The normalized spacial score (nSPS) is 16.7. The summed E-state index contributed by atoms with van der Waals surface area (Å²) < 4.78 is 5.43. The second-order valence-electron chi connectivity index (χ2n) is 6.64. The Hall–Kier alpha value is -2.82. The van der Waals surface area contributed by atoms with E-state index in [2.05, 4.69) is 5.32 Å². The van der Waals surface area contributed by atoms with E-state index in [0.29, 0.717) is 13.2 Å². The molecule has 0 saturated carbocycles. The van der Waals surface area contributed by atoms with Crippen LogP contribution in [0.1, 0.15) is 24.5 Å². The number of nitrogens with one attached hydrogen (secondary N) is 1. The van der Waals surface area contributed by atoms with Crippen LogP contribution in [0.15, 0.2) is 42.5 Å². The second-order valence-corrected chi connectivity index (χ2v) is 6.64. The van der Waals surface area contributed by atoms with Crippen LogP contribution in [-0.4, -0.2) is 25.0 Å². The van der Waals surface area contributed by atoms with Crippen LogP contribution < -0.4 is 15.0 Å². The van der Waals surface area contributed by atoms with Gasteiger partial charge in [0.1, 0.15) is 5.75 Å². The zero-order chi connectivity index (χ0) is 18.7. The smallest absolute Gasteiger partial charge is 0.229 e. The number of amides is 2. The fourth-order valence-corrected chi connectivity index (χ4v) is 3.21. The predicted molar refractivity (Wildman–Crippen MR) is 103 cm³/mol. The van der Waals surface area contributed by atoms with Crippen molar-refractivity contribution in [1.29, 1.82) is 0 Å². The molecule has 136 valence electrons. The van der Waals surface area contributed by atoms with Crippen molar-refractivity contribution in [2.75, 3.05) is 23.4 Å². The van der Waals surface area contributed by atoms with E-state index in [4.69, 9.17) is 4.74 Å². The molecule has 0 spiro atoms. The molecule has 2 aromatic rings. The SMILES string of the molecule is CCOc1ccc(N2C[C@H](C(=O)Nc3ccc(C)cc3C)CC2=O)cc1. The fraction of sp³-hybridized carbons (Fsp3) is 0.333. The molecular weight excluding hydrogens is 328 g/mol. The molecule has 2 aromatic carbocycles. The molecular formula is C21H24N2O3. The number of aryl methyl sites for hydroxylation is 2. The van der Waals surface area contributed by atoms with Crippen LogP contribution in [0.5, 0.6) is 5.75 Å². The van der Waals surface area contributed by atoms with Crippen LogP contribution >= 0.6 is 0 Å². The molecule has 3 rings (SSSR count). The molecule has 1 heterocycles. The van der Waals surface area contributed by atoms with E-state index in [1.807, 2.05) is 63.2 Å². The summed E-state index contributed by atoms with van der Waals surface area (Å²) in [5.74, 6) is 0.274. The number of carbonyl (C=O) groups excluding carboxylic acids is 2. The molecule has 0 aromatic heterocycles. The Morgan fingerprint density at radius 2 is 1.92 bits per heavy atom. The molecule has 1 aliphatic heterocycles. The van der Waals surface area contributed by atoms with Gasteiger partial charge in [0.05, 0.1) is 12.5 Å². The number of carbonyl (C=O) groups is 2. The second kappa shape index (κ2) is 7.60. The van der Waals surface area contributed by atoms with Crippen LogP contribution in [0.3, 0.4) is 0 Å². The third-order valence-corrected chi connectivity index (χ3v) is 4.60. The summed E-state index contributed by atoms with van der Waals surface area (Å²) in [5, 5.41) is 2.96. The maximum absolute atomic E-state index is 12.6. The van der Waals surface area contributed by atoms with Gasteiger partial charge in [-0.2, -0.15) is 0 Å². The molecule has 1 saturated heterocycles. The summed E-state index contributed by atoms with van der Waals surface area (Å²) in [7, 11) is 0. The highest BCUT2D eigenvalue weighted by molar-refractivity contribution is 6.03. The molecule has 0 unspecified atom stereocenters. The maximum atomic E-state index is 12.6.